The lowest BCUT2D eigenvalue weighted by Gasteiger charge is -2.10. The van der Waals surface area contributed by atoms with Crippen molar-refractivity contribution in [2.24, 2.45) is 4.99 Å². The molecule has 0 fully saturated rings. The van der Waals surface area contributed by atoms with Crippen LogP contribution < -0.4 is 20.1 Å². The monoisotopic (exact) mass is 445 g/mol. The summed E-state index contributed by atoms with van der Waals surface area (Å²) in [5, 5.41) is 10.1. The summed E-state index contributed by atoms with van der Waals surface area (Å²) in [7, 11) is 1.72. The Labute approximate surface area is 157 Å². The molecule has 9 heteroatoms. The molecule has 3 rings (SSSR count). The SMILES string of the molecule is CN=C(NCCc1ccc2c(c1)OCO2)NCc1nc(C)no1.I. The Morgan fingerprint density at radius 3 is 2.83 bits per heavy atom. The van der Waals surface area contributed by atoms with Gasteiger partial charge in [-0.2, -0.15) is 4.98 Å². The first-order chi connectivity index (χ1) is 11.2. The Hall–Kier alpha value is -2.04. The van der Waals surface area contributed by atoms with Gasteiger partial charge in [-0.05, 0) is 31.0 Å². The molecular formula is C15H20IN5O3. The third-order valence-electron chi connectivity index (χ3n) is 3.34. The number of benzene rings is 1. The first-order valence-corrected chi connectivity index (χ1v) is 7.37. The zero-order valence-corrected chi connectivity index (χ0v) is 15.9. The highest BCUT2D eigenvalue weighted by Crippen LogP contribution is 2.32. The molecule has 0 amide bonds. The summed E-state index contributed by atoms with van der Waals surface area (Å²) in [6, 6.07) is 5.97. The van der Waals surface area contributed by atoms with Gasteiger partial charge in [-0.15, -0.1) is 24.0 Å². The van der Waals surface area contributed by atoms with Crippen LogP contribution in [0.3, 0.4) is 0 Å². The van der Waals surface area contributed by atoms with E-state index in [0.29, 0.717) is 31.0 Å². The highest BCUT2D eigenvalue weighted by molar-refractivity contribution is 14.0. The number of halogens is 1. The number of aromatic nitrogens is 2. The second-order valence-corrected chi connectivity index (χ2v) is 5.03. The van der Waals surface area contributed by atoms with Gasteiger partial charge in [-0.25, -0.2) is 0 Å². The van der Waals surface area contributed by atoms with Gasteiger partial charge in [-0.1, -0.05) is 11.2 Å². The summed E-state index contributed by atoms with van der Waals surface area (Å²) in [4.78, 5) is 8.29. The van der Waals surface area contributed by atoms with Gasteiger partial charge in [-0.3, -0.25) is 4.99 Å². The van der Waals surface area contributed by atoms with Crippen molar-refractivity contribution in [3.8, 4) is 11.5 Å². The first kappa shape index (κ1) is 18.3. The summed E-state index contributed by atoms with van der Waals surface area (Å²) in [5.74, 6) is 3.43. The van der Waals surface area contributed by atoms with Crippen molar-refractivity contribution in [3.05, 3.63) is 35.5 Å². The molecular weight excluding hydrogens is 425 g/mol. The van der Waals surface area contributed by atoms with Crippen molar-refractivity contribution in [1.82, 2.24) is 20.8 Å². The number of nitrogens with one attached hydrogen (secondary N) is 2. The summed E-state index contributed by atoms with van der Waals surface area (Å²) >= 11 is 0. The van der Waals surface area contributed by atoms with Crippen LogP contribution in [0.2, 0.25) is 0 Å². The number of rotatable bonds is 5. The van der Waals surface area contributed by atoms with Crippen LogP contribution in [0.4, 0.5) is 0 Å². The average molecular weight is 445 g/mol. The maximum Gasteiger partial charge on any atom is 0.246 e. The lowest BCUT2D eigenvalue weighted by molar-refractivity contribution is 0.174. The maximum absolute atomic E-state index is 5.38. The summed E-state index contributed by atoms with van der Waals surface area (Å²) < 4.78 is 15.7. The van der Waals surface area contributed by atoms with E-state index in [1.54, 1.807) is 14.0 Å². The Kier molecular flexibility index (Phi) is 6.64. The Bertz CT molecular complexity index is 704. The molecule has 0 atom stereocenters. The van der Waals surface area contributed by atoms with Crippen LogP contribution in [-0.2, 0) is 13.0 Å². The van der Waals surface area contributed by atoms with Gasteiger partial charge in [0.2, 0.25) is 12.7 Å². The van der Waals surface area contributed by atoms with Crippen molar-refractivity contribution in [3.63, 3.8) is 0 Å². The molecule has 1 aromatic heterocycles. The van der Waals surface area contributed by atoms with E-state index in [2.05, 4.69) is 25.8 Å². The lowest BCUT2D eigenvalue weighted by atomic mass is 10.1. The molecule has 0 saturated carbocycles. The fraction of sp³-hybridized carbons (Fsp3) is 0.400. The Morgan fingerprint density at radius 2 is 2.08 bits per heavy atom. The number of ether oxygens (including phenoxy) is 2. The fourth-order valence-corrected chi connectivity index (χ4v) is 2.21. The largest absolute Gasteiger partial charge is 0.454 e. The molecule has 2 aromatic rings. The summed E-state index contributed by atoms with van der Waals surface area (Å²) in [6.07, 6.45) is 0.844. The molecule has 0 radical (unpaired) electrons. The normalized spacial score (nSPS) is 12.7. The number of fused-ring (bicyclic) bond motifs is 1. The van der Waals surface area contributed by atoms with Gasteiger partial charge in [0.15, 0.2) is 23.3 Å². The summed E-state index contributed by atoms with van der Waals surface area (Å²) in [6.45, 7) is 3.25. The molecule has 1 aromatic carbocycles. The maximum atomic E-state index is 5.38. The van der Waals surface area contributed by atoms with Gasteiger partial charge >= 0.3 is 0 Å². The van der Waals surface area contributed by atoms with Crippen molar-refractivity contribution >= 4 is 29.9 Å². The third kappa shape index (κ3) is 4.73. The van der Waals surface area contributed by atoms with Crippen LogP contribution in [0.15, 0.2) is 27.7 Å². The quantitative estimate of drug-likeness (QED) is 0.411. The number of aliphatic imine (C=N–C) groups is 1. The van der Waals surface area contributed by atoms with Crippen LogP contribution in [0.25, 0.3) is 0 Å². The number of guanidine groups is 1. The standard InChI is InChI=1S/C15H19N5O3.HI/c1-10-19-14(23-20-10)8-18-15(16-2)17-6-5-11-3-4-12-13(7-11)22-9-21-12;/h3-4,7H,5-6,8-9H2,1-2H3,(H2,16,17,18);1H. The van der Waals surface area contributed by atoms with Crippen LogP contribution in [0, 0.1) is 6.92 Å². The molecule has 8 nitrogen and oxygen atoms in total. The molecule has 0 aliphatic carbocycles. The van der Waals surface area contributed by atoms with E-state index >= 15 is 0 Å². The molecule has 24 heavy (non-hydrogen) atoms. The molecule has 0 spiro atoms. The minimum absolute atomic E-state index is 0. The molecule has 130 valence electrons. The predicted molar refractivity (Wildman–Crippen MR) is 98.9 cm³/mol. The van der Waals surface area contributed by atoms with Gasteiger partial charge in [0, 0.05) is 13.6 Å². The van der Waals surface area contributed by atoms with E-state index in [-0.39, 0.29) is 24.0 Å². The van der Waals surface area contributed by atoms with Crippen LogP contribution in [-0.4, -0.2) is 36.5 Å². The molecule has 0 saturated heterocycles. The van der Waals surface area contributed by atoms with Crippen LogP contribution in [0.5, 0.6) is 11.5 Å². The van der Waals surface area contributed by atoms with Crippen molar-refractivity contribution in [2.75, 3.05) is 20.4 Å². The van der Waals surface area contributed by atoms with Crippen LogP contribution >= 0.6 is 24.0 Å². The second kappa shape index (κ2) is 8.71. The smallest absolute Gasteiger partial charge is 0.246 e. The minimum Gasteiger partial charge on any atom is -0.454 e. The van der Waals surface area contributed by atoms with Crippen molar-refractivity contribution in [1.29, 1.82) is 0 Å². The number of hydrogen-bond acceptors (Lipinski definition) is 6. The van der Waals surface area contributed by atoms with E-state index in [1.165, 1.54) is 5.56 Å². The van der Waals surface area contributed by atoms with Gasteiger partial charge < -0.3 is 24.6 Å². The van der Waals surface area contributed by atoms with E-state index in [0.717, 1.165) is 24.5 Å². The Balaban J connectivity index is 0.00000208. The van der Waals surface area contributed by atoms with E-state index < -0.39 is 0 Å². The van der Waals surface area contributed by atoms with E-state index in [4.69, 9.17) is 14.0 Å². The Morgan fingerprint density at radius 1 is 1.25 bits per heavy atom. The molecule has 0 bridgehead atoms. The van der Waals surface area contributed by atoms with E-state index in [9.17, 15) is 0 Å². The molecule has 2 heterocycles. The summed E-state index contributed by atoms with van der Waals surface area (Å²) in [5.41, 5.74) is 1.17. The minimum atomic E-state index is 0. The zero-order chi connectivity index (χ0) is 16.1. The number of nitrogens with zero attached hydrogens (tertiary/aromatic N) is 3. The number of aryl methyl sites for hydroxylation is 1. The third-order valence-corrected chi connectivity index (χ3v) is 3.34. The van der Waals surface area contributed by atoms with Gasteiger partial charge in [0.1, 0.15) is 0 Å². The number of hydrogen-bond donors (Lipinski definition) is 2. The predicted octanol–water partition coefficient (Wildman–Crippen LogP) is 1.63. The van der Waals surface area contributed by atoms with E-state index in [1.807, 2.05) is 18.2 Å². The molecule has 0 unspecified atom stereocenters. The molecule has 1 aliphatic heterocycles. The second-order valence-electron chi connectivity index (χ2n) is 5.03. The van der Waals surface area contributed by atoms with Crippen molar-refractivity contribution < 1.29 is 14.0 Å². The van der Waals surface area contributed by atoms with Crippen molar-refractivity contribution in [2.45, 2.75) is 19.9 Å². The highest BCUT2D eigenvalue weighted by atomic mass is 127. The first-order valence-electron chi connectivity index (χ1n) is 7.37. The molecule has 1 aliphatic rings. The zero-order valence-electron chi connectivity index (χ0n) is 13.5. The fourth-order valence-electron chi connectivity index (χ4n) is 2.21. The molecule has 2 N–H and O–H groups in total. The average Bonchev–Trinajstić information content (AvgIpc) is 3.18. The topological polar surface area (TPSA) is 93.8 Å². The highest BCUT2D eigenvalue weighted by Gasteiger charge is 2.13. The lowest BCUT2D eigenvalue weighted by Crippen LogP contribution is -2.37. The van der Waals surface area contributed by atoms with Crippen LogP contribution in [0.1, 0.15) is 17.3 Å². The van der Waals surface area contributed by atoms with Gasteiger partial charge in [0.05, 0.1) is 6.54 Å². The van der Waals surface area contributed by atoms with Gasteiger partial charge in [0.25, 0.3) is 0 Å².